The molecular formula is C57H68NO16P. The van der Waals surface area contributed by atoms with Gasteiger partial charge < -0.3 is 38.5 Å². The summed E-state index contributed by atoms with van der Waals surface area (Å²) in [5.74, 6) is -3.42. The Morgan fingerprint density at radius 2 is 1.20 bits per heavy atom. The number of amides is 1. The van der Waals surface area contributed by atoms with E-state index in [9.17, 15) is 38.4 Å². The first kappa shape index (κ1) is 66.9. The van der Waals surface area contributed by atoms with Crippen LogP contribution in [0.25, 0.3) is 11.1 Å². The van der Waals surface area contributed by atoms with Crippen LogP contribution in [0.5, 0.6) is 5.75 Å². The zero-order chi connectivity index (χ0) is 56.4. The average molecular weight is 1050 g/mol. The molecule has 0 spiro atoms. The van der Waals surface area contributed by atoms with E-state index in [1.165, 1.54) is 37.5 Å². The fourth-order valence-corrected chi connectivity index (χ4v) is 6.01. The Bertz CT molecular complexity index is 2430. The number of rotatable bonds is 30. The number of carbonyl (C=O) groups is 9. The predicted molar refractivity (Wildman–Crippen MR) is 289 cm³/mol. The summed E-state index contributed by atoms with van der Waals surface area (Å²) in [6.45, 7) is 20.5. The van der Waals surface area contributed by atoms with Crippen molar-refractivity contribution >= 4 is 73.3 Å². The van der Waals surface area contributed by atoms with Crippen molar-refractivity contribution < 1.29 is 76.3 Å². The zero-order valence-corrected chi connectivity index (χ0v) is 44.4. The summed E-state index contributed by atoms with van der Waals surface area (Å²) in [6, 6.07) is 13.6. The van der Waals surface area contributed by atoms with Crippen LogP contribution in [-0.4, -0.2) is 100 Å². The van der Waals surface area contributed by atoms with Crippen LogP contribution >= 0.6 is 8.58 Å². The van der Waals surface area contributed by atoms with Crippen LogP contribution in [0.15, 0.2) is 159 Å². The summed E-state index contributed by atoms with van der Waals surface area (Å²) in [5.41, 5.74) is 3.56. The number of nitrogens with one attached hydrogen (secondary N) is 1. The van der Waals surface area contributed by atoms with E-state index in [1.807, 2.05) is 38.2 Å². The fourth-order valence-electron chi connectivity index (χ4n) is 5.24. The third-order valence-electron chi connectivity index (χ3n) is 9.23. The van der Waals surface area contributed by atoms with E-state index in [2.05, 4.69) is 31.6 Å². The van der Waals surface area contributed by atoms with Gasteiger partial charge in [-0.2, -0.15) is 0 Å². The van der Waals surface area contributed by atoms with E-state index in [0.717, 1.165) is 28.3 Å². The van der Waals surface area contributed by atoms with Crippen LogP contribution in [0, 0.1) is 5.92 Å². The van der Waals surface area contributed by atoms with E-state index in [-0.39, 0.29) is 83.6 Å². The van der Waals surface area contributed by atoms with Gasteiger partial charge in [0.25, 0.3) is 0 Å². The molecule has 2 aromatic carbocycles. The first-order valence-electron chi connectivity index (χ1n) is 23.3. The molecule has 0 radical (unpaired) electrons. The van der Waals surface area contributed by atoms with Crippen LogP contribution in [0.3, 0.4) is 0 Å². The summed E-state index contributed by atoms with van der Waals surface area (Å²) in [7, 11) is 3.03. The van der Waals surface area contributed by atoms with Gasteiger partial charge in [0.15, 0.2) is 5.52 Å². The van der Waals surface area contributed by atoms with Crippen molar-refractivity contribution in [3.63, 3.8) is 0 Å². The normalized spacial score (nSPS) is 11.9. The van der Waals surface area contributed by atoms with Crippen LogP contribution in [0.2, 0.25) is 0 Å². The molecule has 402 valence electrons. The molecular weight excluding hydrogens is 986 g/mol. The fraction of sp³-hybridized carbons (Fsp3) is 0.281. The number of carbonyl (C=O) groups excluding carboxylic acids is 9. The molecule has 2 aromatic rings. The minimum atomic E-state index is -0.620. The van der Waals surface area contributed by atoms with Crippen LogP contribution in [0.4, 0.5) is 0 Å². The van der Waals surface area contributed by atoms with Gasteiger partial charge in [-0.25, -0.2) is 9.59 Å². The molecule has 0 saturated carbocycles. The molecule has 2 unspecified atom stereocenters. The van der Waals surface area contributed by atoms with E-state index in [0.29, 0.717) is 23.8 Å². The Morgan fingerprint density at radius 3 is 1.72 bits per heavy atom. The molecule has 2 atom stereocenters. The Kier molecular flexibility index (Phi) is 36.9. The van der Waals surface area contributed by atoms with Crippen LogP contribution < -0.4 is 10.1 Å². The van der Waals surface area contributed by atoms with Crippen LogP contribution in [0.1, 0.15) is 74.9 Å². The molecule has 1 amide bonds. The minimum absolute atomic E-state index is 0.0263. The Hall–Kier alpha value is -8.14. The number of benzene rings is 2. The van der Waals surface area contributed by atoms with Gasteiger partial charge in [-0.1, -0.05) is 87.0 Å². The quantitative estimate of drug-likeness (QED) is 0.00885. The summed E-state index contributed by atoms with van der Waals surface area (Å²) < 4.78 is 35.8. The molecule has 0 aliphatic carbocycles. The van der Waals surface area contributed by atoms with Gasteiger partial charge in [0.2, 0.25) is 5.91 Å². The summed E-state index contributed by atoms with van der Waals surface area (Å²) in [6.07, 6.45) is 19.6. The van der Waals surface area contributed by atoms with Crippen molar-refractivity contribution in [2.75, 3.05) is 46.7 Å². The molecule has 17 nitrogen and oxygen atoms in total. The van der Waals surface area contributed by atoms with E-state index < -0.39 is 41.7 Å². The van der Waals surface area contributed by atoms with Crippen molar-refractivity contribution in [3.05, 3.63) is 176 Å². The molecule has 0 aliphatic heterocycles. The molecule has 75 heavy (non-hydrogen) atoms. The number of aldehydes is 1. The Labute approximate surface area is 441 Å². The van der Waals surface area contributed by atoms with E-state index in [1.54, 1.807) is 81.6 Å². The second-order valence-corrected chi connectivity index (χ2v) is 16.1. The second kappa shape index (κ2) is 41.3. The highest BCUT2D eigenvalue weighted by Gasteiger charge is 2.15. The molecule has 18 heteroatoms. The van der Waals surface area contributed by atoms with Crippen molar-refractivity contribution in [2.45, 2.75) is 53.4 Å². The third-order valence-corrected chi connectivity index (χ3v) is 10.3. The molecule has 0 bridgehead atoms. The molecule has 1 N–H and O–H groups in total. The van der Waals surface area contributed by atoms with Gasteiger partial charge >= 0.3 is 35.8 Å². The number of hydrogen-bond donors (Lipinski definition) is 1. The van der Waals surface area contributed by atoms with Gasteiger partial charge in [0.05, 0.1) is 37.4 Å². The lowest BCUT2D eigenvalue weighted by Gasteiger charge is -2.09. The number of likely N-dealkylation sites (N-methyl/N-ethyl adjacent to an activating group) is 1. The molecule has 0 aromatic heterocycles. The maximum Gasteiger partial charge on any atom is 0.343 e. The smallest absolute Gasteiger partial charge is 0.343 e. The first-order valence-corrected chi connectivity index (χ1v) is 24.5. The number of hydrogen-bond acceptors (Lipinski definition) is 16. The molecule has 0 heterocycles. The largest absolute Gasteiger partial charge is 0.463 e. The number of allylic oxidation sites excluding steroid dienone is 12. The lowest BCUT2D eigenvalue weighted by atomic mass is 10.0. The molecule has 0 fully saturated rings. The number of esters is 6. The Balaban J connectivity index is 0.00000497. The lowest BCUT2D eigenvalue weighted by Crippen LogP contribution is -2.14. The minimum Gasteiger partial charge on any atom is -0.463 e. The predicted octanol–water partition coefficient (Wildman–Crippen LogP) is 9.04. The third kappa shape index (κ3) is 31.8. The molecule has 0 aliphatic rings. The summed E-state index contributed by atoms with van der Waals surface area (Å²) >= 11 is 0. The Morgan fingerprint density at radius 1 is 0.667 bits per heavy atom. The highest BCUT2D eigenvalue weighted by Crippen LogP contribution is 2.23. The average Bonchev–Trinajstić information content (AvgIpc) is 3.42. The molecule has 0 saturated heterocycles. The molecule has 2 rings (SSSR count). The standard InChI is InChI=1S/C50H57O14P.C4H7NO.C3H4O/c1-8-37(13-12-34-65-48(55)29-28-46(53)61-33-32-59-44(51)11-4)39-17-19-41(20-18-39)50(57)64-42(10-3)23-15-36(6)62-49(56)35(5)14-16-38(9-2)40-21-24-43(25-22-40)63-47(54)27-26-45(52)60-31-30-58-7;1-3-4(6)5-2;1-2-3-4/h8-25,35,65H,3-4,26-34H2,1-2,5-7H3;3H,1H2,2H3,(H,5,6);2-3H,1H2/b13-12-,16-14-,36-15+,37-8+,38-9+,42-23+;;. The summed E-state index contributed by atoms with van der Waals surface area (Å²) in [4.78, 5) is 104. The van der Waals surface area contributed by atoms with Crippen molar-refractivity contribution in [1.82, 2.24) is 5.32 Å². The van der Waals surface area contributed by atoms with Crippen LogP contribution in [-0.2, 0) is 66.8 Å². The topological polar surface area (TPSA) is 230 Å². The van der Waals surface area contributed by atoms with E-state index in [4.69, 9.17) is 38.0 Å². The second-order valence-electron chi connectivity index (χ2n) is 14.8. The summed E-state index contributed by atoms with van der Waals surface area (Å²) in [5, 5.41) is 2.36. The highest BCUT2D eigenvalue weighted by molar-refractivity contribution is 7.58. The van der Waals surface area contributed by atoms with Crippen molar-refractivity contribution in [1.29, 1.82) is 0 Å². The number of ether oxygens (including phenoxy) is 7. The van der Waals surface area contributed by atoms with Gasteiger partial charge in [-0.05, 0) is 119 Å². The van der Waals surface area contributed by atoms with Crippen molar-refractivity contribution in [3.8, 4) is 5.75 Å². The van der Waals surface area contributed by atoms with Gasteiger partial charge in [-0.15, -0.1) is 0 Å². The SMILES string of the molecule is C=CC(=O)NC.C=CC(=O)OCCOC(=O)CCC(=O)PC/C=C\C(=C/C)c1ccc(C(=O)O/C(C=C)=C/C=C(\C)OC(=O)C(C)/C=C\C(=C/C)c2ccc(OC(=O)CCC(=O)OCCOC)cc2)cc1.C=CC=O. The van der Waals surface area contributed by atoms with Gasteiger partial charge in [0.1, 0.15) is 43.4 Å². The number of methoxy groups -OCH3 is 1. The van der Waals surface area contributed by atoms with E-state index >= 15 is 0 Å². The maximum atomic E-state index is 13.0. The lowest BCUT2D eigenvalue weighted by molar-refractivity contribution is -0.150. The van der Waals surface area contributed by atoms with Gasteiger partial charge in [-0.3, -0.25) is 33.6 Å². The zero-order valence-electron chi connectivity index (χ0n) is 43.4. The van der Waals surface area contributed by atoms with Gasteiger partial charge in [0, 0.05) is 26.7 Å². The maximum absolute atomic E-state index is 13.0. The van der Waals surface area contributed by atoms with Crippen molar-refractivity contribution in [2.24, 2.45) is 5.92 Å². The highest BCUT2D eigenvalue weighted by atomic mass is 31.1. The monoisotopic (exact) mass is 1050 g/mol. The first-order chi connectivity index (χ1) is 35.9.